The number of hydrogen-bond acceptors (Lipinski definition) is 5. The second kappa shape index (κ2) is 10.8. The van der Waals surface area contributed by atoms with E-state index in [-0.39, 0.29) is 5.69 Å². The number of carbonyl (C=O) groups is 2. The van der Waals surface area contributed by atoms with Gasteiger partial charge in [0.1, 0.15) is 5.82 Å². The molecule has 2 rings (SSSR count). The van der Waals surface area contributed by atoms with Gasteiger partial charge < -0.3 is 19.5 Å². The molecule has 154 valence electrons. The second-order valence-electron chi connectivity index (χ2n) is 6.61. The summed E-state index contributed by atoms with van der Waals surface area (Å²) in [6, 6.07) is 10.7. The lowest BCUT2D eigenvalue weighted by atomic mass is 10.2. The van der Waals surface area contributed by atoms with Crippen LogP contribution in [0.4, 0.5) is 10.1 Å². The van der Waals surface area contributed by atoms with E-state index in [2.05, 4.69) is 5.32 Å². The average molecular weight is 401 g/mol. The fourth-order valence-corrected chi connectivity index (χ4v) is 2.28. The summed E-state index contributed by atoms with van der Waals surface area (Å²) >= 11 is 0. The van der Waals surface area contributed by atoms with Gasteiger partial charge in [-0.05, 0) is 47.9 Å². The van der Waals surface area contributed by atoms with Crippen LogP contribution < -0.4 is 14.8 Å². The molecule has 6 nitrogen and oxygen atoms in total. The standard InChI is InChI=1S/C22H24FNO5/c1-15(2)13-28-19-9-7-16(11-20(19)27-3)8-10-22(26)29-14-21(25)24-18-6-4-5-17(23)12-18/h4-12,15H,13-14H2,1-3H3,(H,24,25)/b10-8+. The third kappa shape index (κ3) is 7.65. The summed E-state index contributed by atoms with van der Waals surface area (Å²) in [6.45, 7) is 4.18. The molecule has 0 bridgehead atoms. The lowest BCUT2D eigenvalue weighted by Gasteiger charge is -2.12. The minimum atomic E-state index is -0.682. The van der Waals surface area contributed by atoms with Crippen LogP contribution in [-0.4, -0.2) is 32.2 Å². The molecular formula is C22H24FNO5. The number of carbonyl (C=O) groups excluding carboxylic acids is 2. The van der Waals surface area contributed by atoms with E-state index < -0.39 is 24.3 Å². The third-order valence-electron chi connectivity index (χ3n) is 3.63. The molecule has 0 aliphatic carbocycles. The first-order valence-electron chi connectivity index (χ1n) is 9.08. The molecule has 2 aromatic rings. The molecule has 2 aromatic carbocycles. The first-order chi connectivity index (χ1) is 13.9. The summed E-state index contributed by atoms with van der Waals surface area (Å²) in [5.41, 5.74) is 0.994. The molecule has 0 fully saturated rings. The first-order valence-corrected chi connectivity index (χ1v) is 9.08. The van der Waals surface area contributed by atoms with Gasteiger partial charge >= 0.3 is 5.97 Å². The van der Waals surface area contributed by atoms with Gasteiger partial charge in [-0.3, -0.25) is 4.79 Å². The summed E-state index contributed by atoms with van der Waals surface area (Å²) < 4.78 is 29.0. The Kier molecular flexibility index (Phi) is 8.21. The number of nitrogens with one attached hydrogen (secondary N) is 1. The summed E-state index contributed by atoms with van der Waals surface area (Å²) in [5, 5.41) is 2.44. The highest BCUT2D eigenvalue weighted by Crippen LogP contribution is 2.29. The summed E-state index contributed by atoms with van der Waals surface area (Å²) in [7, 11) is 1.54. The Balaban J connectivity index is 1.87. The van der Waals surface area contributed by atoms with E-state index in [4.69, 9.17) is 14.2 Å². The lowest BCUT2D eigenvalue weighted by Crippen LogP contribution is -2.20. The van der Waals surface area contributed by atoms with Crippen LogP contribution in [0.5, 0.6) is 11.5 Å². The van der Waals surface area contributed by atoms with E-state index in [1.54, 1.807) is 24.3 Å². The van der Waals surface area contributed by atoms with Crippen LogP contribution >= 0.6 is 0 Å². The SMILES string of the molecule is COc1cc(/C=C/C(=O)OCC(=O)Nc2cccc(F)c2)ccc1OCC(C)C. The van der Waals surface area contributed by atoms with Crippen molar-refractivity contribution < 1.29 is 28.2 Å². The maximum absolute atomic E-state index is 13.1. The molecule has 0 atom stereocenters. The van der Waals surface area contributed by atoms with Crippen LogP contribution in [0.25, 0.3) is 6.08 Å². The van der Waals surface area contributed by atoms with Gasteiger partial charge in [-0.2, -0.15) is 0 Å². The number of methoxy groups -OCH3 is 1. The fourth-order valence-electron chi connectivity index (χ4n) is 2.28. The minimum Gasteiger partial charge on any atom is -0.493 e. The van der Waals surface area contributed by atoms with Gasteiger partial charge in [0, 0.05) is 11.8 Å². The van der Waals surface area contributed by atoms with Crippen LogP contribution in [0.2, 0.25) is 0 Å². The van der Waals surface area contributed by atoms with Crippen LogP contribution in [0.15, 0.2) is 48.5 Å². The number of anilines is 1. The number of hydrogen-bond donors (Lipinski definition) is 1. The molecule has 0 saturated carbocycles. The number of halogens is 1. The summed E-state index contributed by atoms with van der Waals surface area (Å²) in [5.74, 6) is -0.166. The average Bonchev–Trinajstić information content (AvgIpc) is 2.69. The van der Waals surface area contributed by atoms with E-state index in [9.17, 15) is 14.0 Å². The van der Waals surface area contributed by atoms with Crippen molar-refractivity contribution in [2.24, 2.45) is 5.92 Å². The molecule has 0 unspecified atom stereocenters. The van der Waals surface area contributed by atoms with Crippen LogP contribution in [-0.2, 0) is 14.3 Å². The zero-order valence-electron chi connectivity index (χ0n) is 16.6. The van der Waals surface area contributed by atoms with Crippen LogP contribution in [0, 0.1) is 11.7 Å². The predicted molar refractivity (Wildman–Crippen MR) is 108 cm³/mol. The second-order valence-corrected chi connectivity index (χ2v) is 6.61. The summed E-state index contributed by atoms with van der Waals surface area (Å²) in [6.07, 6.45) is 2.75. The van der Waals surface area contributed by atoms with Crippen LogP contribution in [0.1, 0.15) is 19.4 Å². The fraction of sp³-hybridized carbons (Fsp3) is 0.273. The van der Waals surface area contributed by atoms with E-state index in [0.717, 1.165) is 0 Å². The number of rotatable bonds is 9. The molecule has 0 radical (unpaired) electrons. The molecule has 29 heavy (non-hydrogen) atoms. The Morgan fingerprint density at radius 1 is 1.14 bits per heavy atom. The molecule has 0 spiro atoms. The van der Waals surface area contributed by atoms with Gasteiger partial charge in [0.2, 0.25) is 0 Å². The van der Waals surface area contributed by atoms with Crippen molar-refractivity contribution in [3.8, 4) is 11.5 Å². The van der Waals surface area contributed by atoms with Crippen molar-refractivity contribution in [1.29, 1.82) is 0 Å². The van der Waals surface area contributed by atoms with Crippen LogP contribution in [0.3, 0.4) is 0 Å². The highest BCUT2D eigenvalue weighted by Gasteiger charge is 2.08. The van der Waals surface area contributed by atoms with Crippen molar-refractivity contribution >= 4 is 23.6 Å². The molecule has 7 heteroatoms. The number of amides is 1. The lowest BCUT2D eigenvalue weighted by molar-refractivity contribution is -0.142. The van der Waals surface area contributed by atoms with Crippen molar-refractivity contribution in [3.63, 3.8) is 0 Å². The molecule has 0 aliphatic heterocycles. The molecule has 0 heterocycles. The normalized spacial score (nSPS) is 10.8. The number of benzene rings is 2. The Hall–Kier alpha value is -3.35. The van der Waals surface area contributed by atoms with E-state index in [1.165, 1.54) is 37.5 Å². The zero-order chi connectivity index (χ0) is 21.2. The van der Waals surface area contributed by atoms with Crippen molar-refractivity contribution in [3.05, 3.63) is 59.9 Å². The largest absolute Gasteiger partial charge is 0.493 e. The number of esters is 1. The zero-order valence-corrected chi connectivity index (χ0v) is 16.6. The minimum absolute atomic E-state index is 0.286. The van der Waals surface area contributed by atoms with Crippen molar-refractivity contribution in [2.75, 3.05) is 25.6 Å². The third-order valence-corrected chi connectivity index (χ3v) is 3.63. The Morgan fingerprint density at radius 3 is 2.62 bits per heavy atom. The molecule has 1 amide bonds. The topological polar surface area (TPSA) is 73.9 Å². The predicted octanol–water partition coefficient (Wildman–Crippen LogP) is 4.06. The van der Waals surface area contributed by atoms with Gasteiger partial charge in [-0.25, -0.2) is 9.18 Å². The highest BCUT2D eigenvalue weighted by molar-refractivity contribution is 5.94. The summed E-state index contributed by atoms with van der Waals surface area (Å²) in [4.78, 5) is 23.6. The number of ether oxygens (including phenoxy) is 3. The Labute approximate surface area is 169 Å². The van der Waals surface area contributed by atoms with E-state index >= 15 is 0 Å². The molecule has 0 saturated heterocycles. The molecule has 0 aliphatic rings. The maximum Gasteiger partial charge on any atom is 0.331 e. The smallest absolute Gasteiger partial charge is 0.331 e. The Morgan fingerprint density at radius 2 is 1.93 bits per heavy atom. The molecule has 0 aromatic heterocycles. The first kappa shape index (κ1) is 21.9. The maximum atomic E-state index is 13.1. The van der Waals surface area contributed by atoms with Gasteiger partial charge in [-0.1, -0.05) is 26.0 Å². The molecule has 1 N–H and O–H groups in total. The van der Waals surface area contributed by atoms with Crippen molar-refractivity contribution in [1.82, 2.24) is 0 Å². The Bertz CT molecular complexity index is 879. The van der Waals surface area contributed by atoms with E-state index in [0.29, 0.717) is 29.6 Å². The monoisotopic (exact) mass is 401 g/mol. The van der Waals surface area contributed by atoms with Gasteiger partial charge in [0.25, 0.3) is 5.91 Å². The van der Waals surface area contributed by atoms with E-state index in [1.807, 2.05) is 13.8 Å². The quantitative estimate of drug-likeness (QED) is 0.507. The molecular weight excluding hydrogens is 377 g/mol. The van der Waals surface area contributed by atoms with Crippen molar-refractivity contribution in [2.45, 2.75) is 13.8 Å². The van der Waals surface area contributed by atoms with Gasteiger partial charge in [0.15, 0.2) is 18.1 Å². The highest BCUT2D eigenvalue weighted by atomic mass is 19.1. The van der Waals surface area contributed by atoms with Gasteiger partial charge in [-0.15, -0.1) is 0 Å². The van der Waals surface area contributed by atoms with Gasteiger partial charge in [0.05, 0.1) is 13.7 Å².